The summed E-state index contributed by atoms with van der Waals surface area (Å²) in [6.07, 6.45) is 1.00. The fourth-order valence-corrected chi connectivity index (χ4v) is 5.90. The number of likely N-dealkylation sites (tertiary alicyclic amines) is 1. The number of imidazole rings is 1. The van der Waals surface area contributed by atoms with Gasteiger partial charge in [-0.3, -0.25) is 4.90 Å². The molecule has 4 heterocycles. The van der Waals surface area contributed by atoms with Crippen molar-refractivity contribution in [3.05, 3.63) is 88.1 Å². The maximum atomic E-state index is 14.2. The van der Waals surface area contributed by atoms with E-state index in [1.807, 2.05) is 12.1 Å². The fraction of sp³-hybridized carbons (Fsp3) is 0.387. The van der Waals surface area contributed by atoms with E-state index in [1.165, 1.54) is 6.07 Å². The van der Waals surface area contributed by atoms with Gasteiger partial charge >= 0.3 is 5.97 Å². The molecule has 0 radical (unpaired) electrons. The molecule has 2 aliphatic heterocycles. The van der Waals surface area contributed by atoms with Gasteiger partial charge in [0.2, 0.25) is 5.88 Å². The van der Waals surface area contributed by atoms with E-state index in [2.05, 4.69) is 21.4 Å². The molecule has 2 aromatic carbocycles. The molecular weight excluding hydrogens is 563 g/mol. The Morgan fingerprint density at radius 1 is 1.19 bits per heavy atom. The molecule has 0 spiro atoms. The van der Waals surface area contributed by atoms with E-state index >= 15 is 0 Å². The van der Waals surface area contributed by atoms with Crippen molar-refractivity contribution in [3.8, 4) is 5.88 Å². The Balaban J connectivity index is 1.17. The molecule has 2 unspecified atom stereocenters. The summed E-state index contributed by atoms with van der Waals surface area (Å²) in [6.45, 7) is 4.51. The van der Waals surface area contributed by atoms with Gasteiger partial charge in [-0.1, -0.05) is 23.7 Å². The van der Waals surface area contributed by atoms with Gasteiger partial charge in [0, 0.05) is 35.7 Å². The summed E-state index contributed by atoms with van der Waals surface area (Å²) in [5, 5.41) is 21.1. The third kappa shape index (κ3) is 5.85. The molecular formula is C31H32ClFN4O5. The summed E-state index contributed by atoms with van der Waals surface area (Å²) < 4.78 is 27.7. The molecule has 2 aromatic heterocycles. The lowest BCUT2D eigenvalue weighted by Gasteiger charge is -2.39. The Bertz CT molecular complexity index is 1610. The Morgan fingerprint density at radius 3 is 2.74 bits per heavy atom. The summed E-state index contributed by atoms with van der Waals surface area (Å²) in [6, 6.07) is 14.7. The number of aliphatic hydroxyl groups excluding tert-OH is 1. The minimum atomic E-state index is -0.982. The lowest BCUT2D eigenvalue weighted by atomic mass is 9.89. The maximum Gasteiger partial charge on any atom is 0.335 e. The summed E-state index contributed by atoms with van der Waals surface area (Å²) in [4.78, 5) is 23.4. The first-order chi connectivity index (χ1) is 20.3. The second-order valence-electron chi connectivity index (χ2n) is 10.9. The molecule has 0 aliphatic carbocycles. The van der Waals surface area contributed by atoms with Crippen LogP contribution >= 0.6 is 11.6 Å². The van der Waals surface area contributed by atoms with E-state index in [1.54, 1.807) is 36.4 Å². The van der Waals surface area contributed by atoms with Crippen LogP contribution in [0.1, 0.15) is 59.2 Å². The number of benzene rings is 2. The maximum absolute atomic E-state index is 14.2. The average molecular weight is 595 g/mol. The van der Waals surface area contributed by atoms with E-state index in [-0.39, 0.29) is 30.2 Å². The SMILES string of the molecule is C[C@@H](c1nc2ccc(C(=O)O)cc2n1C[C@@H]1CCO1)N1CCC(c2cccc(OCc3ccc(Cl)cc3F)n2)C(O)C1. The first kappa shape index (κ1) is 28.5. The van der Waals surface area contributed by atoms with Crippen molar-refractivity contribution < 1.29 is 28.9 Å². The number of pyridine rings is 1. The number of piperidine rings is 1. The molecule has 2 aliphatic rings. The van der Waals surface area contributed by atoms with Gasteiger partial charge in [0.1, 0.15) is 18.2 Å². The topological polar surface area (TPSA) is 110 Å². The normalized spacial score (nSPS) is 21.7. The number of ether oxygens (including phenoxy) is 2. The van der Waals surface area contributed by atoms with E-state index in [0.29, 0.717) is 42.5 Å². The predicted octanol–water partition coefficient (Wildman–Crippen LogP) is 5.20. The molecule has 42 heavy (non-hydrogen) atoms. The minimum Gasteiger partial charge on any atom is -0.478 e. The number of aliphatic hydroxyl groups is 1. The molecule has 220 valence electrons. The number of halogens is 2. The third-order valence-corrected chi connectivity index (χ3v) is 8.49. The molecule has 2 saturated heterocycles. The molecule has 0 saturated carbocycles. The van der Waals surface area contributed by atoms with Crippen LogP contribution < -0.4 is 4.74 Å². The van der Waals surface area contributed by atoms with Gasteiger partial charge in [0.25, 0.3) is 0 Å². The lowest BCUT2D eigenvalue weighted by molar-refractivity contribution is -0.0596. The first-order valence-corrected chi connectivity index (χ1v) is 14.5. The van der Waals surface area contributed by atoms with Crippen molar-refractivity contribution in [2.24, 2.45) is 0 Å². The van der Waals surface area contributed by atoms with Crippen molar-refractivity contribution >= 4 is 28.6 Å². The third-order valence-electron chi connectivity index (χ3n) is 8.25. The van der Waals surface area contributed by atoms with Gasteiger partial charge in [-0.15, -0.1) is 0 Å². The molecule has 6 rings (SSSR count). The van der Waals surface area contributed by atoms with Crippen molar-refractivity contribution in [2.75, 3.05) is 19.7 Å². The summed E-state index contributed by atoms with van der Waals surface area (Å²) in [5.74, 6) is -0.435. The van der Waals surface area contributed by atoms with E-state index < -0.39 is 17.9 Å². The zero-order valence-corrected chi connectivity index (χ0v) is 23.9. The Labute approximate surface area is 247 Å². The highest BCUT2D eigenvalue weighted by molar-refractivity contribution is 6.30. The van der Waals surface area contributed by atoms with Gasteiger partial charge in [-0.2, -0.15) is 0 Å². The molecule has 4 aromatic rings. The zero-order chi connectivity index (χ0) is 29.4. The largest absolute Gasteiger partial charge is 0.478 e. The first-order valence-electron chi connectivity index (χ1n) is 14.1. The molecule has 2 N–H and O–H groups in total. The van der Waals surface area contributed by atoms with Gasteiger partial charge < -0.3 is 24.3 Å². The molecule has 11 heteroatoms. The number of β-amino-alcohol motifs (C(OH)–C–C–N with tert-alkyl or cyclic N) is 1. The Hall–Kier alpha value is -3.57. The molecule has 0 amide bonds. The Kier molecular flexibility index (Phi) is 8.13. The number of carboxylic acids is 1. The van der Waals surface area contributed by atoms with Gasteiger partial charge in [-0.25, -0.2) is 19.2 Å². The van der Waals surface area contributed by atoms with Gasteiger partial charge in [-0.05, 0) is 62.7 Å². The number of fused-ring (bicyclic) bond motifs is 1. The standard InChI is InChI=1S/C31H32ClFN4O5/c1-18(30-35-26-8-6-19(31(39)40)13-27(26)37(30)15-22-10-12-41-22)36-11-9-23(28(38)16-36)25-3-2-4-29(34-25)42-17-20-5-7-21(32)14-24(20)33/h2-8,13-14,18,22-23,28,38H,9-12,15-17H2,1H3,(H,39,40)/t18-,22-,23?,28?/m0/s1. The van der Waals surface area contributed by atoms with Crippen LogP contribution in [0.2, 0.25) is 5.02 Å². The molecule has 0 bridgehead atoms. The van der Waals surface area contributed by atoms with Crippen LogP contribution in [0, 0.1) is 5.82 Å². The van der Waals surface area contributed by atoms with Crippen molar-refractivity contribution in [3.63, 3.8) is 0 Å². The fourth-order valence-electron chi connectivity index (χ4n) is 5.74. The number of hydrogen-bond donors (Lipinski definition) is 2. The van der Waals surface area contributed by atoms with E-state index in [0.717, 1.165) is 35.6 Å². The van der Waals surface area contributed by atoms with Crippen LogP contribution in [-0.4, -0.2) is 67.5 Å². The van der Waals surface area contributed by atoms with Crippen molar-refractivity contribution in [1.82, 2.24) is 19.4 Å². The highest BCUT2D eigenvalue weighted by atomic mass is 35.5. The molecule has 4 atom stereocenters. The van der Waals surface area contributed by atoms with Crippen LogP contribution in [0.4, 0.5) is 4.39 Å². The van der Waals surface area contributed by atoms with Crippen LogP contribution in [0.15, 0.2) is 54.6 Å². The van der Waals surface area contributed by atoms with E-state index in [9.17, 15) is 19.4 Å². The molecule has 2 fully saturated rings. The average Bonchev–Trinajstić information content (AvgIpc) is 3.31. The van der Waals surface area contributed by atoms with Crippen molar-refractivity contribution in [1.29, 1.82) is 0 Å². The Morgan fingerprint density at radius 2 is 2.02 bits per heavy atom. The van der Waals surface area contributed by atoms with Crippen LogP contribution in [0.3, 0.4) is 0 Å². The number of hydrogen-bond acceptors (Lipinski definition) is 7. The second kappa shape index (κ2) is 12.0. The van der Waals surface area contributed by atoms with E-state index in [4.69, 9.17) is 26.1 Å². The number of carboxylic acid groups (broad SMARTS) is 1. The van der Waals surface area contributed by atoms with Crippen LogP contribution in [-0.2, 0) is 17.9 Å². The van der Waals surface area contributed by atoms with Gasteiger partial charge in [0.15, 0.2) is 0 Å². The summed E-state index contributed by atoms with van der Waals surface area (Å²) in [5.41, 5.74) is 2.81. The second-order valence-corrected chi connectivity index (χ2v) is 11.4. The van der Waals surface area contributed by atoms with Gasteiger partial charge in [0.05, 0.1) is 47.1 Å². The van der Waals surface area contributed by atoms with Crippen LogP contribution in [0.5, 0.6) is 5.88 Å². The summed E-state index contributed by atoms with van der Waals surface area (Å²) in [7, 11) is 0. The number of carbonyl (C=O) groups is 1. The number of aromatic nitrogens is 3. The lowest BCUT2D eigenvalue weighted by Crippen LogP contribution is -2.44. The molecule has 9 nitrogen and oxygen atoms in total. The monoisotopic (exact) mass is 594 g/mol. The van der Waals surface area contributed by atoms with Crippen molar-refractivity contribution in [2.45, 2.75) is 57.1 Å². The van der Waals surface area contributed by atoms with Crippen LogP contribution in [0.25, 0.3) is 11.0 Å². The number of rotatable bonds is 9. The highest BCUT2D eigenvalue weighted by Gasteiger charge is 2.34. The summed E-state index contributed by atoms with van der Waals surface area (Å²) >= 11 is 5.84. The smallest absolute Gasteiger partial charge is 0.335 e. The minimum absolute atomic E-state index is 0.0127. The quantitative estimate of drug-likeness (QED) is 0.272. The zero-order valence-electron chi connectivity index (χ0n) is 23.1. The highest BCUT2D eigenvalue weighted by Crippen LogP contribution is 2.34. The number of aromatic carboxylic acids is 1. The number of nitrogens with zero attached hydrogens (tertiary/aromatic N) is 4. The predicted molar refractivity (Wildman–Crippen MR) is 154 cm³/mol.